The summed E-state index contributed by atoms with van der Waals surface area (Å²) in [6.07, 6.45) is 2.49. The van der Waals surface area contributed by atoms with Crippen molar-refractivity contribution in [1.82, 2.24) is 0 Å². The molecule has 4 nitrogen and oxygen atoms in total. The molecule has 3 N–H and O–H groups in total. The van der Waals surface area contributed by atoms with Crippen molar-refractivity contribution in [2.45, 2.75) is 24.9 Å². The lowest BCUT2D eigenvalue weighted by Crippen LogP contribution is -2.38. The van der Waals surface area contributed by atoms with Crippen molar-refractivity contribution in [1.29, 1.82) is 0 Å². The second-order valence-electron chi connectivity index (χ2n) is 4.42. The Labute approximate surface area is 101 Å². The van der Waals surface area contributed by atoms with Gasteiger partial charge in [0.1, 0.15) is 5.60 Å². The summed E-state index contributed by atoms with van der Waals surface area (Å²) in [5.41, 5.74) is 6.67. The Hall–Kier alpha value is -1.26. The van der Waals surface area contributed by atoms with E-state index in [4.69, 9.17) is 15.2 Å². The number of methoxy groups -OCH3 is 2. The van der Waals surface area contributed by atoms with E-state index in [1.807, 2.05) is 12.1 Å². The number of benzene rings is 1. The fourth-order valence-corrected chi connectivity index (χ4v) is 2.58. The number of fused-ring (bicyclic) bond motifs is 1. The second kappa shape index (κ2) is 4.55. The molecule has 1 aliphatic rings. The molecule has 0 saturated carbocycles. The van der Waals surface area contributed by atoms with E-state index in [9.17, 15) is 5.11 Å². The minimum atomic E-state index is -0.923. The number of ether oxygens (including phenoxy) is 2. The van der Waals surface area contributed by atoms with Crippen LogP contribution in [0.1, 0.15) is 24.0 Å². The van der Waals surface area contributed by atoms with Gasteiger partial charge in [0.2, 0.25) is 0 Å². The molecule has 0 spiro atoms. The molecule has 1 atom stereocenters. The van der Waals surface area contributed by atoms with Gasteiger partial charge < -0.3 is 20.3 Å². The maximum absolute atomic E-state index is 10.5. The number of aliphatic hydroxyl groups is 1. The van der Waals surface area contributed by atoms with Crippen molar-refractivity contribution in [2.75, 3.05) is 20.8 Å². The molecule has 1 aromatic carbocycles. The van der Waals surface area contributed by atoms with Crippen LogP contribution in [0, 0.1) is 0 Å². The van der Waals surface area contributed by atoms with Crippen LogP contribution in [0.4, 0.5) is 0 Å². The number of hydrogen-bond donors (Lipinski definition) is 2. The summed E-state index contributed by atoms with van der Waals surface area (Å²) in [6.45, 7) is 0.232. The fraction of sp³-hybridized carbons (Fsp3) is 0.538. The van der Waals surface area contributed by atoms with Crippen LogP contribution in [0.3, 0.4) is 0 Å². The Morgan fingerprint density at radius 1 is 1.35 bits per heavy atom. The Morgan fingerprint density at radius 3 is 2.71 bits per heavy atom. The largest absolute Gasteiger partial charge is 0.493 e. The summed E-state index contributed by atoms with van der Waals surface area (Å²) in [7, 11) is 3.23. The summed E-state index contributed by atoms with van der Waals surface area (Å²) in [5.74, 6) is 1.42. The SMILES string of the molecule is COc1ccc2c(c1OC)CCCC2(O)CN. The number of hydrogen-bond acceptors (Lipinski definition) is 4. The Kier molecular flexibility index (Phi) is 3.26. The van der Waals surface area contributed by atoms with E-state index in [2.05, 4.69) is 0 Å². The normalized spacial score (nSPS) is 23.1. The molecular weight excluding hydrogens is 218 g/mol. The first-order valence-electron chi connectivity index (χ1n) is 5.83. The third-order valence-corrected chi connectivity index (χ3v) is 3.50. The van der Waals surface area contributed by atoms with Gasteiger partial charge in [-0.25, -0.2) is 0 Å². The topological polar surface area (TPSA) is 64.7 Å². The molecule has 0 radical (unpaired) electrons. The molecule has 0 saturated heterocycles. The third kappa shape index (κ3) is 1.87. The lowest BCUT2D eigenvalue weighted by Gasteiger charge is -2.34. The van der Waals surface area contributed by atoms with Gasteiger partial charge in [-0.2, -0.15) is 0 Å². The molecule has 0 bridgehead atoms. The fourth-order valence-electron chi connectivity index (χ4n) is 2.58. The van der Waals surface area contributed by atoms with Gasteiger partial charge in [-0.05, 0) is 30.9 Å². The minimum Gasteiger partial charge on any atom is -0.493 e. The molecule has 4 heteroatoms. The van der Waals surface area contributed by atoms with E-state index >= 15 is 0 Å². The van der Waals surface area contributed by atoms with Crippen molar-refractivity contribution >= 4 is 0 Å². The first-order chi connectivity index (χ1) is 8.16. The van der Waals surface area contributed by atoms with Gasteiger partial charge in [0, 0.05) is 12.1 Å². The maximum Gasteiger partial charge on any atom is 0.164 e. The van der Waals surface area contributed by atoms with E-state index in [1.165, 1.54) is 0 Å². The molecule has 0 heterocycles. The Balaban J connectivity index is 2.59. The lowest BCUT2D eigenvalue weighted by atomic mass is 9.78. The van der Waals surface area contributed by atoms with Crippen LogP contribution in [0.15, 0.2) is 12.1 Å². The average molecular weight is 237 g/mol. The second-order valence-corrected chi connectivity index (χ2v) is 4.42. The highest BCUT2D eigenvalue weighted by atomic mass is 16.5. The Bertz CT molecular complexity index is 419. The van der Waals surface area contributed by atoms with E-state index in [0.717, 1.165) is 29.7 Å². The molecule has 0 fully saturated rings. The van der Waals surface area contributed by atoms with Gasteiger partial charge in [-0.15, -0.1) is 0 Å². The van der Waals surface area contributed by atoms with Gasteiger partial charge in [0.05, 0.1) is 14.2 Å². The predicted molar refractivity (Wildman–Crippen MR) is 65.4 cm³/mol. The highest BCUT2D eigenvalue weighted by Gasteiger charge is 2.35. The maximum atomic E-state index is 10.5. The first-order valence-corrected chi connectivity index (χ1v) is 5.83. The summed E-state index contributed by atoms with van der Waals surface area (Å²) in [5, 5.41) is 10.5. The zero-order valence-corrected chi connectivity index (χ0v) is 10.3. The molecule has 0 aliphatic heterocycles. The predicted octanol–water partition coefficient (Wildman–Crippen LogP) is 1.19. The quantitative estimate of drug-likeness (QED) is 0.828. The summed E-state index contributed by atoms with van der Waals surface area (Å²) in [4.78, 5) is 0. The smallest absolute Gasteiger partial charge is 0.164 e. The van der Waals surface area contributed by atoms with Crippen LogP contribution in [0.2, 0.25) is 0 Å². The molecular formula is C13H19NO3. The summed E-state index contributed by atoms with van der Waals surface area (Å²) in [6, 6.07) is 3.71. The summed E-state index contributed by atoms with van der Waals surface area (Å²) < 4.78 is 10.7. The van der Waals surface area contributed by atoms with Gasteiger partial charge in [0.25, 0.3) is 0 Å². The van der Waals surface area contributed by atoms with E-state index < -0.39 is 5.60 Å². The number of rotatable bonds is 3. The van der Waals surface area contributed by atoms with E-state index in [0.29, 0.717) is 12.2 Å². The summed E-state index contributed by atoms with van der Waals surface area (Å²) >= 11 is 0. The monoisotopic (exact) mass is 237 g/mol. The standard InChI is InChI=1S/C13H19NO3/c1-16-11-6-5-10-9(12(11)17-2)4-3-7-13(10,15)8-14/h5-6,15H,3-4,7-8,14H2,1-2H3. The van der Waals surface area contributed by atoms with E-state index in [-0.39, 0.29) is 6.54 Å². The number of nitrogens with two attached hydrogens (primary N) is 1. The van der Waals surface area contributed by atoms with E-state index in [1.54, 1.807) is 14.2 Å². The average Bonchev–Trinajstić information content (AvgIpc) is 2.37. The zero-order chi connectivity index (χ0) is 12.5. The molecule has 94 valence electrons. The molecule has 2 rings (SSSR count). The molecule has 1 aromatic rings. The molecule has 1 unspecified atom stereocenters. The van der Waals surface area contributed by atoms with Crippen molar-refractivity contribution in [3.63, 3.8) is 0 Å². The van der Waals surface area contributed by atoms with Gasteiger partial charge >= 0.3 is 0 Å². The highest BCUT2D eigenvalue weighted by molar-refractivity contribution is 5.53. The molecule has 1 aliphatic carbocycles. The lowest BCUT2D eigenvalue weighted by molar-refractivity contribution is 0.0274. The zero-order valence-electron chi connectivity index (χ0n) is 10.3. The van der Waals surface area contributed by atoms with Crippen LogP contribution < -0.4 is 15.2 Å². The third-order valence-electron chi connectivity index (χ3n) is 3.50. The molecule has 17 heavy (non-hydrogen) atoms. The van der Waals surface area contributed by atoms with Crippen LogP contribution in [0.5, 0.6) is 11.5 Å². The first kappa shape index (κ1) is 12.2. The van der Waals surface area contributed by atoms with Crippen LogP contribution in [-0.4, -0.2) is 25.9 Å². The van der Waals surface area contributed by atoms with Crippen molar-refractivity contribution in [2.24, 2.45) is 5.73 Å². The highest BCUT2D eigenvalue weighted by Crippen LogP contribution is 2.43. The molecule has 0 aromatic heterocycles. The van der Waals surface area contributed by atoms with Gasteiger partial charge in [-0.3, -0.25) is 0 Å². The van der Waals surface area contributed by atoms with Gasteiger partial charge in [-0.1, -0.05) is 6.07 Å². The van der Waals surface area contributed by atoms with Crippen LogP contribution >= 0.6 is 0 Å². The minimum absolute atomic E-state index is 0.232. The van der Waals surface area contributed by atoms with Crippen LogP contribution in [-0.2, 0) is 12.0 Å². The van der Waals surface area contributed by atoms with Crippen LogP contribution in [0.25, 0.3) is 0 Å². The van der Waals surface area contributed by atoms with Crippen molar-refractivity contribution < 1.29 is 14.6 Å². The molecule has 0 amide bonds. The Morgan fingerprint density at radius 2 is 2.12 bits per heavy atom. The van der Waals surface area contributed by atoms with Crippen molar-refractivity contribution in [3.05, 3.63) is 23.3 Å². The van der Waals surface area contributed by atoms with Gasteiger partial charge in [0.15, 0.2) is 11.5 Å². The van der Waals surface area contributed by atoms with Crippen molar-refractivity contribution in [3.8, 4) is 11.5 Å².